The fourth-order valence-corrected chi connectivity index (χ4v) is 1.34. The van der Waals surface area contributed by atoms with Crippen LogP contribution in [-0.2, 0) is 11.3 Å². The van der Waals surface area contributed by atoms with Crippen LogP contribution in [0.5, 0.6) is 5.75 Å². The Hall–Kier alpha value is -1.12. The smallest absolute Gasteiger partial charge is 0.235 e. The molecule has 0 saturated heterocycles. The van der Waals surface area contributed by atoms with Gasteiger partial charge in [0.05, 0.1) is 6.54 Å². The zero-order valence-electron chi connectivity index (χ0n) is 7.04. The van der Waals surface area contributed by atoms with Gasteiger partial charge in [-0.05, 0) is 24.6 Å². The first-order chi connectivity index (χ1) is 6.15. The number of hydrogen-bond donors (Lipinski definition) is 1. The molecule has 1 rings (SSSR count). The summed E-state index contributed by atoms with van der Waals surface area (Å²) in [5, 5.41) is 9.43. The monoisotopic (exact) mass is 241 g/mol. The fraction of sp³-hybridized carbons (Fsp3) is 0.222. The molecule has 0 unspecified atom stereocenters. The molecule has 13 heavy (non-hydrogen) atoms. The van der Waals surface area contributed by atoms with E-state index in [2.05, 4.69) is 20.9 Å². The SMILES string of the molecule is Cc1cc(O)c(CN=C=O)cc1Br. The van der Waals surface area contributed by atoms with Crippen LogP contribution in [0.3, 0.4) is 0 Å². The van der Waals surface area contributed by atoms with Gasteiger partial charge in [0, 0.05) is 10.0 Å². The summed E-state index contributed by atoms with van der Waals surface area (Å²) >= 11 is 3.32. The standard InChI is InChI=1S/C9H8BrNO2/c1-6-2-9(13)7(3-8(6)10)4-11-5-12/h2-3,13H,4H2,1H3. The van der Waals surface area contributed by atoms with Crippen molar-refractivity contribution in [3.8, 4) is 5.75 Å². The molecule has 1 N–H and O–H groups in total. The first-order valence-corrected chi connectivity index (χ1v) is 4.46. The molecule has 0 amide bonds. The van der Waals surface area contributed by atoms with E-state index in [4.69, 9.17) is 0 Å². The van der Waals surface area contributed by atoms with Gasteiger partial charge in [0.1, 0.15) is 5.75 Å². The summed E-state index contributed by atoms with van der Waals surface area (Å²) in [6, 6.07) is 3.37. The molecule has 4 heteroatoms. The lowest BCUT2D eigenvalue weighted by atomic mass is 10.1. The Morgan fingerprint density at radius 3 is 2.92 bits per heavy atom. The molecular weight excluding hydrogens is 234 g/mol. The highest BCUT2D eigenvalue weighted by Crippen LogP contribution is 2.26. The predicted molar refractivity (Wildman–Crippen MR) is 52.4 cm³/mol. The second-order valence-corrected chi connectivity index (χ2v) is 3.49. The number of hydrogen-bond acceptors (Lipinski definition) is 3. The van der Waals surface area contributed by atoms with Crippen LogP contribution in [0.1, 0.15) is 11.1 Å². The number of phenols is 1. The third-order valence-corrected chi connectivity index (χ3v) is 2.53. The molecule has 68 valence electrons. The second kappa shape index (κ2) is 4.21. The van der Waals surface area contributed by atoms with Gasteiger partial charge in [-0.15, -0.1) is 0 Å². The van der Waals surface area contributed by atoms with Gasteiger partial charge in [-0.25, -0.2) is 9.79 Å². The summed E-state index contributed by atoms with van der Waals surface area (Å²) < 4.78 is 0.890. The number of isocyanates is 1. The number of aromatic hydroxyl groups is 1. The highest BCUT2D eigenvalue weighted by Gasteiger charge is 2.03. The number of rotatable bonds is 2. The normalized spacial score (nSPS) is 9.38. The largest absolute Gasteiger partial charge is 0.508 e. The van der Waals surface area contributed by atoms with Crippen molar-refractivity contribution < 1.29 is 9.90 Å². The fourth-order valence-electron chi connectivity index (χ4n) is 0.952. The average Bonchev–Trinajstić information content (AvgIpc) is 2.09. The van der Waals surface area contributed by atoms with Gasteiger partial charge in [0.2, 0.25) is 6.08 Å². The van der Waals surface area contributed by atoms with Crippen LogP contribution in [0.25, 0.3) is 0 Å². The van der Waals surface area contributed by atoms with Crippen molar-refractivity contribution in [3.05, 3.63) is 27.7 Å². The van der Waals surface area contributed by atoms with Gasteiger partial charge in [-0.3, -0.25) is 0 Å². The molecule has 1 aromatic rings. The Morgan fingerprint density at radius 1 is 1.62 bits per heavy atom. The Balaban J connectivity index is 3.07. The highest BCUT2D eigenvalue weighted by molar-refractivity contribution is 9.10. The van der Waals surface area contributed by atoms with E-state index in [9.17, 15) is 9.90 Å². The van der Waals surface area contributed by atoms with Crippen LogP contribution < -0.4 is 0 Å². The van der Waals surface area contributed by atoms with Gasteiger partial charge < -0.3 is 5.11 Å². The summed E-state index contributed by atoms with van der Waals surface area (Å²) in [4.78, 5) is 13.2. The summed E-state index contributed by atoms with van der Waals surface area (Å²) in [5.74, 6) is 0.153. The van der Waals surface area contributed by atoms with Crippen molar-refractivity contribution in [1.29, 1.82) is 0 Å². The van der Waals surface area contributed by atoms with Crippen molar-refractivity contribution in [2.75, 3.05) is 0 Å². The first kappa shape index (κ1) is 9.96. The zero-order valence-corrected chi connectivity index (χ0v) is 8.63. The number of aryl methyl sites for hydroxylation is 1. The molecule has 0 fully saturated rings. The predicted octanol–water partition coefficient (Wildman–Crippen LogP) is 2.30. The minimum absolute atomic E-state index is 0.153. The lowest BCUT2D eigenvalue weighted by molar-refractivity contribution is 0.467. The summed E-state index contributed by atoms with van der Waals surface area (Å²) in [5.41, 5.74) is 1.55. The quantitative estimate of drug-likeness (QED) is 0.638. The lowest BCUT2D eigenvalue weighted by Gasteiger charge is -2.03. The zero-order chi connectivity index (χ0) is 9.84. The molecule has 0 aromatic heterocycles. The average molecular weight is 242 g/mol. The highest BCUT2D eigenvalue weighted by atomic mass is 79.9. The van der Waals surface area contributed by atoms with Gasteiger partial charge in [-0.1, -0.05) is 15.9 Å². The van der Waals surface area contributed by atoms with E-state index in [1.807, 2.05) is 6.92 Å². The van der Waals surface area contributed by atoms with Crippen LogP contribution in [-0.4, -0.2) is 11.2 Å². The molecule has 0 heterocycles. The number of nitrogens with zero attached hydrogens (tertiary/aromatic N) is 1. The molecule has 0 aliphatic rings. The topological polar surface area (TPSA) is 49.7 Å². The molecule has 0 spiro atoms. The Kier molecular flexibility index (Phi) is 3.23. The number of benzene rings is 1. The van der Waals surface area contributed by atoms with Crippen LogP contribution in [0.4, 0.5) is 0 Å². The number of aliphatic imine (C=N–C) groups is 1. The lowest BCUT2D eigenvalue weighted by Crippen LogP contribution is -1.85. The van der Waals surface area contributed by atoms with Gasteiger partial charge >= 0.3 is 0 Å². The molecule has 0 radical (unpaired) electrons. The maximum atomic E-state index is 9.86. The molecule has 3 nitrogen and oxygen atoms in total. The van der Waals surface area contributed by atoms with Gasteiger partial charge in [0.15, 0.2) is 0 Å². The maximum absolute atomic E-state index is 9.86. The molecule has 0 aliphatic heterocycles. The maximum Gasteiger partial charge on any atom is 0.235 e. The Bertz CT molecular complexity index is 370. The van der Waals surface area contributed by atoms with Crippen molar-refractivity contribution in [2.45, 2.75) is 13.5 Å². The van der Waals surface area contributed by atoms with E-state index >= 15 is 0 Å². The van der Waals surface area contributed by atoms with Crippen molar-refractivity contribution >= 4 is 22.0 Å². The van der Waals surface area contributed by atoms with Gasteiger partial charge in [-0.2, -0.15) is 0 Å². The third-order valence-electron chi connectivity index (χ3n) is 1.67. The molecule has 0 atom stereocenters. The summed E-state index contributed by atoms with van der Waals surface area (Å²) in [6.45, 7) is 2.03. The van der Waals surface area contributed by atoms with Crippen molar-refractivity contribution in [3.63, 3.8) is 0 Å². The molecule has 1 aromatic carbocycles. The van der Waals surface area contributed by atoms with Crippen molar-refractivity contribution in [1.82, 2.24) is 0 Å². The van der Waals surface area contributed by atoms with Crippen LogP contribution in [0, 0.1) is 6.92 Å². The van der Waals surface area contributed by atoms with E-state index in [1.165, 1.54) is 6.08 Å². The Labute approximate surface area is 84.2 Å². The minimum Gasteiger partial charge on any atom is -0.508 e. The second-order valence-electron chi connectivity index (χ2n) is 2.64. The van der Waals surface area contributed by atoms with Crippen LogP contribution in [0.2, 0.25) is 0 Å². The number of carbonyl (C=O) groups excluding carboxylic acids is 1. The van der Waals surface area contributed by atoms with E-state index in [-0.39, 0.29) is 12.3 Å². The summed E-state index contributed by atoms with van der Waals surface area (Å²) in [7, 11) is 0. The first-order valence-electron chi connectivity index (χ1n) is 3.66. The van der Waals surface area contributed by atoms with Crippen molar-refractivity contribution in [2.24, 2.45) is 4.99 Å². The number of halogens is 1. The van der Waals surface area contributed by atoms with E-state index in [1.54, 1.807) is 12.1 Å². The number of phenolic OH excluding ortho intramolecular Hbond substituents is 1. The Morgan fingerprint density at radius 2 is 2.31 bits per heavy atom. The molecule has 0 bridgehead atoms. The molecular formula is C9H8BrNO2. The van der Waals surface area contributed by atoms with E-state index in [0.717, 1.165) is 10.0 Å². The van der Waals surface area contributed by atoms with E-state index < -0.39 is 0 Å². The minimum atomic E-state index is 0.153. The van der Waals surface area contributed by atoms with Crippen LogP contribution in [0.15, 0.2) is 21.6 Å². The van der Waals surface area contributed by atoms with Gasteiger partial charge in [0.25, 0.3) is 0 Å². The molecule has 0 aliphatic carbocycles. The van der Waals surface area contributed by atoms with Crippen LogP contribution >= 0.6 is 15.9 Å². The van der Waals surface area contributed by atoms with E-state index in [0.29, 0.717) is 5.56 Å². The third kappa shape index (κ3) is 2.41. The summed E-state index contributed by atoms with van der Waals surface area (Å²) in [6.07, 6.45) is 1.43. The molecule has 0 saturated carbocycles.